The van der Waals surface area contributed by atoms with E-state index >= 15 is 0 Å². The molecule has 94 valence electrons. The molecule has 2 fully saturated rings. The van der Waals surface area contributed by atoms with Gasteiger partial charge < -0.3 is 4.90 Å². The van der Waals surface area contributed by atoms with E-state index in [0.29, 0.717) is 5.41 Å². The third-order valence-corrected chi connectivity index (χ3v) is 5.12. The van der Waals surface area contributed by atoms with Crippen molar-refractivity contribution >= 4 is 0 Å². The summed E-state index contributed by atoms with van der Waals surface area (Å²) in [6.07, 6.45) is 7.44. The van der Waals surface area contributed by atoms with Gasteiger partial charge in [-0.2, -0.15) is 0 Å². The predicted molar refractivity (Wildman–Crippen MR) is 70.6 cm³/mol. The second kappa shape index (κ2) is 4.68. The molecule has 2 unspecified atom stereocenters. The van der Waals surface area contributed by atoms with Crippen LogP contribution in [0.3, 0.4) is 0 Å². The van der Waals surface area contributed by atoms with Crippen LogP contribution in [-0.4, -0.2) is 24.0 Å². The van der Waals surface area contributed by atoms with Crippen LogP contribution in [-0.2, 0) is 0 Å². The van der Waals surface area contributed by atoms with Crippen LogP contribution in [0.5, 0.6) is 0 Å². The molecule has 2 aliphatic rings. The fraction of sp³-hybridized carbons (Fsp3) is 1.00. The van der Waals surface area contributed by atoms with E-state index in [1.807, 2.05) is 0 Å². The summed E-state index contributed by atoms with van der Waals surface area (Å²) in [6, 6.07) is 0.749. The molecule has 1 heterocycles. The van der Waals surface area contributed by atoms with E-state index in [1.54, 1.807) is 0 Å². The van der Waals surface area contributed by atoms with Crippen LogP contribution in [0.2, 0.25) is 0 Å². The first-order valence-corrected chi connectivity index (χ1v) is 7.26. The Morgan fingerprint density at radius 3 is 2.44 bits per heavy atom. The average molecular weight is 223 g/mol. The maximum atomic E-state index is 2.70. The van der Waals surface area contributed by atoms with Crippen molar-refractivity contribution < 1.29 is 0 Å². The van der Waals surface area contributed by atoms with Crippen LogP contribution in [0, 0.1) is 17.3 Å². The lowest BCUT2D eigenvalue weighted by Gasteiger charge is -2.40. The van der Waals surface area contributed by atoms with E-state index in [4.69, 9.17) is 0 Å². The lowest BCUT2D eigenvalue weighted by atomic mass is 9.66. The van der Waals surface area contributed by atoms with Gasteiger partial charge in [0.25, 0.3) is 0 Å². The number of hydrogen-bond donors (Lipinski definition) is 0. The SMILES string of the molecule is CC(C)C1CCCC2(CCN(C(C)C)C2)C1. The van der Waals surface area contributed by atoms with Gasteiger partial charge in [-0.15, -0.1) is 0 Å². The van der Waals surface area contributed by atoms with Crippen molar-refractivity contribution in [3.63, 3.8) is 0 Å². The Kier molecular flexibility index (Phi) is 3.63. The second-order valence-corrected chi connectivity index (χ2v) is 6.91. The zero-order valence-corrected chi connectivity index (χ0v) is 11.6. The molecule has 1 saturated heterocycles. The first-order valence-electron chi connectivity index (χ1n) is 7.26. The summed E-state index contributed by atoms with van der Waals surface area (Å²) in [5, 5.41) is 0. The zero-order chi connectivity index (χ0) is 11.8. The van der Waals surface area contributed by atoms with Gasteiger partial charge in [-0.05, 0) is 56.9 Å². The molecule has 0 N–H and O–H groups in total. The molecule has 0 bridgehead atoms. The van der Waals surface area contributed by atoms with E-state index in [2.05, 4.69) is 32.6 Å². The summed E-state index contributed by atoms with van der Waals surface area (Å²) < 4.78 is 0. The average Bonchev–Trinajstić information content (AvgIpc) is 2.62. The molecule has 0 aromatic carbocycles. The number of hydrogen-bond acceptors (Lipinski definition) is 1. The Bertz CT molecular complexity index is 234. The van der Waals surface area contributed by atoms with Crippen LogP contribution in [0.4, 0.5) is 0 Å². The molecule has 1 aliphatic heterocycles. The quantitative estimate of drug-likeness (QED) is 0.685. The Labute approximate surface area is 102 Å². The largest absolute Gasteiger partial charge is 0.300 e. The predicted octanol–water partition coefficient (Wildman–Crippen LogP) is 3.93. The molecule has 1 nitrogen and oxygen atoms in total. The van der Waals surface area contributed by atoms with Gasteiger partial charge in [-0.3, -0.25) is 0 Å². The van der Waals surface area contributed by atoms with Crippen molar-refractivity contribution in [2.24, 2.45) is 17.3 Å². The van der Waals surface area contributed by atoms with E-state index < -0.39 is 0 Å². The van der Waals surface area contributed by atoms with E-state index in [0.717, 1.165) is 17.9 Å². The molecule has 0 aromatic heterocycles. The molecule has 1 heteroatoms. The van der Waals surface area contributed by atoms with Gasteiger partial charge in [0.05, 0.1) is 0 Å². The molecule has 0 aromatic rings. The molecular weight excluding hydrogens is 194 g/mol. The van der Waals surface area contributed by atoms with Crippen molar-refractivity contribution in [3.8, 4) is 0 Å². The van der Waals surface area contributed by atoms with E-state index in [1.165, 1.54) is 45.2 Å². The van der Waals surface area contributed by atoms with Gasteiger partial charge in [0.15, 0.2) is 0 Å². The summed E-state index contributed by atoms with van der Waals surface area (Å²) in [5.74, 6) is 1.89. The summed E-state index contributed by atoms with van der Waals surface area (Å²) in [4.78, 5) is 2.70. The minimum Gasteiger partial charge on any atom is -0.300 e. The lowest BCUT2D eigenvalue weighted by Crippen LogP contribution is -2.36. The topological polar surface area (TPSA) is 3.24 Å². The summed E-state index contributed by atoms with van der Waals surface area (Å²) >= 11 is 0. The minimum atomic E-state index is 0.706. The first-order chi connectivity index (χ1) is 7.52. The maximum Gasteiger partial charge on any atom is 0.00413 e. The summed E-state index contributed by atoms with van der Waals surface area (Å²) in [5.41, 5.74) is 0.706. The Morgan fingerprint density at radius 2 is 1.88 bits per heavy atom. The van der Waals surface area contributed by atoms with Crippen molar-refractivity contribution in [3.05, 3.63) is 0 Å². The molecule has 1 aliphatic carbocycles. The highest BCUT2D eigenvalue weighted by Crippen LogP contribution is 2.48. The van der Waals surface area contributed by atoms with Crippen LogP contribution in [0.25, 0.3) is 0 Å². The van der Waals surface area contributed by atoms with Crippen LogP contribution < -0.4 is 0 Å². The summed E-state index contributed by atoms with van der Waals surface area (Å²) in [7, 11) is 0. The Balaban J connectivity index is 1.98. The van der Waals surface area contributed by atoms with Crippen molar-refractivity contribution in [2.45, 2.75) is 65.8 Å². The first kappa shape index (κ1) is 12.4. The van der Waals surface area contributed by atoms with E-state index in [9.17, 15) is 0 Å². The molecular formula is C15H29N. The molecule has 2 atom stereocenters. The number of likely N-dealkylation sites (tertiary alicyclic amines) is 1. The van der Waals surface area contributed by atoms with E-state index in [-0.39, 0.29) is 0 Å². The minimum absolute atomic E-state index is 0.706. The molecule has 0 amide bonds. The molecule has 1 spiro atoms. The third-order valence-electron chi connectivity index (χ3n) is 5.12. The van der Waals surface area contributed by atoms with Gasteiger partial charge in [0.1, 0.15) is 0 Å². The lowest BCUT2D eigenvalue weighted by molar-refractivity contribution is 0.110. The van der Waals surface area contributed by atoms with Gasteiger partial charge in [0, 0.05) is 12.6 Å². The zero-order valence-electron chi connectivity index (χ0n) is 11.6. The van der Waals surface area contributed by atoms with Gasteiger partial charge in [0.2, 0.25) is 0 Å². The summed E-state index contributed by atoms with van der Waals surface area (Å²) in [6.45, 7) is 12.3. The highest BCUT2D eigenvalue weighted by atomic mass is 15.2. The molecule has 1 saturated carbocycles. The molecule has 16 heavy (non-hydrogen) atoms. The van der Waals surface area contributed by atoms with Gasteiger partial charge in [-0.25, -0.2) is 0 Å². The van der Waals surface area contributed by atoms with Gasteiger partial charge in [-0.1, -0.05) is 26.7 Å². The Morgan fingerprint density at radius 1 is 1.12 bits per heavy atom. The number of rotatable bonds is 2. The fourth-order valence-electron chi connectivity index (χ4n) is 3.85. The highest BCUT2D eigenvalue weighted by molar-refractivity contribution is 4.95. The molecule has 2 rings (SSSR count). The highest BCUT2D eigenvalue weighted by Gasteiger charge is 2.42. The smallest absolute Gasteiger partial charge is 0.00413 e. The third kappa shape index (κ3) is 2.45. The molecule has 0 radical (unpaired) electrons. The van der Waals surface area contributed by atoms with Crippen LogP contribution in [0.15, 0.2) is 0 Å². The normalized spacial score (nSPS) is 36.8. The maximum absolute atomic E-state index is 2.70. The van der Waals surface area contributed by atoms with Crippen LogP contribution in [0.1, 0.15) is 59.8 Å². The van der Waals surface area contributed by atoms with Crippen molar-refractivity contribution in [2.75, 3.05) is 13.1 Å². The second-order valence-electron chi connectivity index (χ2n) is 6.91. The fourth-order valence-corrected chi connectivity index (χ4v) is 3.85. The monoisotopic (exact) mass is 223 g/mol. The number of nitrogens with zero attached hydrogens (tertiary/aromatic N) is 1. The van der Waals surface area contributed by atoms with Crippen molar-refractivity contribution in [1.29, 1.82) is 0 Å². The standard InChI is InChI=1S/C15H29N/c1-12(2)14-6-5-7-15(10-14)8-9-16(11-15)13(3)4/h12-14H,5-11H2,1-4H3. The van der Waals surface area contributed by atoms with Crippen LogP contribution >= 0.6 is 0 Å². The Hall–Kier alpha value is -0.0400. The van der Waals surface area contributed by atoms with Crippen molar-refractivity contribution in [1.82, 2.24) is 4.90 Å². The van der Waals surface area contributed by atoms with Gasteiger partial charge >= 0.3 is 0 Å².